The van der Waals surface area contributed by atoms with Crippen LogP contribution in [0.3, 0.4) is 0 Å². The Kier molecular flexibility index (Phi) is 4.45. The van der Waals surface area contributed by atoms with E-state index in [1.165, 1.54) is 0 Å². The number of anilines is 1. The van der Waals surface area contributed by atoms with Crippen LogP contribution in [0.1, 0.15) is 31.9 Å². The predicted molar refractivity (Wildman–Crippen MR) is 79.2 cm³/mol. The number of carbonyl (C=O) groups is 2. The van der Waals surface area contributed by atoms with Crippen LogP contribution in [0, 0.1) is 12.3 Å². The van der Waals surface area contributed by atoms with Crippen LogP contribution in [0.15, 0.2) is 18.3 Å². The number of carbonyl (C=O) groups excluding carboxylic acids is 1. The maximum Gasteiger partial charge on any atom is 0.321 e. The van der Waals surface area contributed by atoms with Gasteiger partial charge in [-0.05, 0) is 38.3 Å². The van der Waals surface area contributed by atoms with Crippen LogP contribution in [0.4, 0.5) is 10.5 Å². The van der Waals surface area contributed by atoms with Gasteiger partial charge >= 0.3 is 12.0 Å². The number of aliphatic carboxylic acids is 1. The fraction of sp³-hybridized carbons (Fsp3) is 0.533. The molecule has 0 aliphatic carbocycles. The fourth-order valence-electron chi connectivity index (χ4n) is 2.67. The minimum atomic E-state index is -0.756. The van der Waals surface area contributed by atoms with E-state index >= 15 is 0 Å². The molecule has 0 atom stereocenters. The molecule has 1 aromatic rings. The van der Waals surface area contributed by atoms with E-state index in [1.54, 1.807) is 23.2 Å². The van der Waals surface area contributed by atoms with Gasteiger partial charge in [-0.25, -0.2) is 4.79 Å². The van der Waals surface area contributed by atoms with E-state index in [1.807, 2.05) is 13.8 Å². The first-order chi connectivity index (χ1) is 9.98. The Labute approximate surface area is 124 Å². The van der Waals surface area contributed by atoms with Gasteiger partial charge in [0.25, 0.3) is 0 Å². The van der Waals surface area contributed by atoms with E-state index in [0.29, 0.717) is 38.0 Å². The number of rotatable bonds is 3. The lowest BCUT2D eigenvalue weighted by molar-refractivity contribution is -0.151. The smallest absolute Gasteiger partial charge is 0.321 e. The highest BCUT2D eigenvalue weighted by atomic mass is 16.4. The average Bonchev–Trinajstić information content (AvgIpc) is 2.49. The van der Waals surface area contributed by atoms with Crippen molar-refractivity contribution in [3.63, 3.8) is 0 Å². The van der Waals surface area contributed by atoms with Crippen LogP contribution >= 0.6 is 0 Å². The van der Waals surface area contributed by atoms with Gasteiger partial charge in [0.1, 0.15) is 0 Å². The SMILES string of the molecule is CCC1(C(=O)O)CCN(C(=O)Nc2cccnc2C)CC1. The first-order valence-corrected chi connectivity index (χ1v) is 7.19. The summed E-state index contributed by atoms with van der Waals surface area (Å²) in [5.74, 6) is -0.756. The molecule has 1 aliphatic heterocycles. The largest absolute Gasteiger partial charge is 0.481 e. The van der Waals surface area contributed by atoms with Crippen LogP contribution < -0.4 is 5.32 Å². The van der Waals surface area contributed by atoms with E-state index < -0.39 is 11.4 Å². The van der Waals surface area contributed by atoms with E-state index in [0.717, 1.165) is 5.69 Å². The van der Waals surface area contributed by atoms with Gasteiger partial charge in [0.15, 0.2) is 0 Å². The second kappa shape index (κ2) is 6.11. The molecule has 2 N–H and O–H groups in total. The molecule has 6 nitrogen and oxygen atoms in total. The second-order valence-electron chi connectivity index (χ2n) is 5.49. The number of nitrogens with zero attached hydrogens (tertiary/aromatic N) is 2. The number of hydrogen-bond donors (Lipinski definition) is 2. The molecule has 114 valence electrons. The molecule has 0 aromatic carbocycles. The van der Waals surface area contributed by atoms with Gasteiger partial charge in [-0.2, -0.15) is 0 Å². The standard InChI is InChI=1S/C15H21N3O3/c1-3-15(13(19)20)6-9-18(10-7-15)14(21)17-12-5-4-8-16-11(12)2/h4-5,8H,3,6-7,9-10H2,1-2H3,(H,17,21)(H,19,20). The first kappa shape index (κ1) is 15.3. The highest BCUT2D eigenvalue weighted by molar-refractivity contribution is 5.90. The van der Waals surface area contributed by atoms with Crippen molar-refractivity contribution in [1.29, 1.82) is 0 Å². The molecule has 0 radical (unpaired) electrons. The lowest BCUT2D eigenvalue weighted by Gasteiger charge is -2.38. The number of aromatic nitrogens is 1. The van der Waals surface area contributed by atoms with Gasteiger partial charge in [-0.1, -0.05) is 6.92 Å². The highest BCUT2D eigenvalue weighted by Crippen LogP contribution is 2.35. The molecule has 21 heavy (non-hydrogen) atoms. The van der Waals surface area contributed by atoms with Crippen molar-refractivity contribution < 1.29 is 14.7 Å². The average molecular weight is 291 g/mol. The normalized spacial score (nSPS) is 17.3. The molecule has 1 saturated heterocycles. The van der Waals surface area contributed by atoms with E-state index in [-0.39, 0.29) is 6.03 Å². The van der Waals surface area contributed by atoms with Crippen molar-refractivity contribution in [2.45, 2.75) is 33.1 Å². The summed E-state index contributed by atoms with van der Waals surface area (Å²) < 4.78 is 0. The Balaban J connectivity index is 1.98. The third-order valence-corrected chi connectivity index (χ3v) is 4.39. The number of hydrogen-bond acceptors (Lipinski definition) is 3. The van der Waals surface area contributed by atoms with Crippen LogP contribution in [0.2, 0.25) is 0 Å². The number of aryl methyl sites for hydroxylation is 1. The lowest BCUT2D eigenvalue weighted by Crippen LogP contribution is -2.47. The van der Waals surface area contributed by atoms with E-state index in [9.17, 15) is 14.7 Å². The van der Waals surface area contributed by atoms with Crippen molar-refractivity contribution in [2.24, 2.45) is 5.41 Å². The third-order valence-electron chi connectivity index (χ3n) is 4.39. The van der Waals surface area contributed by atoms with Crippen molar-refractivity contribution in [3.8, 4) is 0 Å². The van der Waals surface area contributed by atoms with Crippen LogP contribution in [-0.4, -0.2) is 40.1 Å². The summed E-state index contributed by atoms with van der Waals surface area (Å²) >= 11 is 0. The summed E-state index contributed by atoms with van der Waals surface area (Å²) in [5.41, 5.74) is 0.769. The summed E-state index contributed by atoms with van der Waals surface area (Å²) in [4.78, 5) is 29.4. The number of urea groups is 1. The zero-order valence-corrected chi connectivity index (χ0v) is 12.4. The topological polar surface area (TPSA) is 82.5 Å². The summed E-state index contributed by atoms with van der Waals surface area (Å²) in [6.07, 6.45) is 3.27. The monoisotopic (exact) mass is 291 g/mol. The molecule has 0 unspecified atom stereocenters. The number of nitrogens with one attached hydrogen (secondary N) is 1. The number of carboxylic acids is 1. The molecule has 1 aromatic heterocycles. The zero-order valence-electron chi connectivity index (χ0n) is 12.4. The molecule has 0 bridgehead atoms. The number of carboxylic acid groups (broad SMARTS) is 1. The van der Waals surface area contributed by atoms with E-state index in [4.69, 9.17) is 0 Å². The fourth-order valence-corrected chi connectivity index (χ4v) is 2.67. The van der Waals surface area contributed by atoms with Gasteiger partial charge in [-0.15, -0.1) is 0 Å². The zero-order chi connectivity index (χ0) is 15.5. The summed E-state index contributed by atoms with van der Waals surface area (Å²) in [6, 6.07) is 3.38. The van der Waals surface area contributed by atoms with Gasteiger partial charge in [0.2, 0.25) is 0 Å². The number of pyridine rings is 1. The number of amides is 2. The Bertz CT molecular complexity index is 537. The molecule has 6 heteroatoms. The van der Waals surface area contributed by atoms with Gasteiger partial charge in [0.05, 0.1) is 16.8 Å². The third kappa shape index (κ3) is 3.15. The van der Waals surface area contributed by atoms with E-state index in [2.05, 4.69) is 10.3 Å². The van der Waals surface area contributed by atoms with Crippen molar-refractivity contribution in [3.05, 3.63) is 24.0 Å². The quantitative estimate of drug-likeness (QED) is 0.896. The minimum absolute atomic E-state index is 0.193. The van der Waals surface area contributed by atoms with Crippen molar-refractivity contribution >= 4 is 17.7 Å². The maximum atomic E-state index is 12.2. The van der Waals surface area contributed by atoms with Crippen LogP contribution in [0.25, 0.3) is 0 Å². The van der Waals surface area contributed by atoms with Crippen molar-refractivity contribution in [1.82, 2.24) is 9.88 Å². The molecular weight excluding hydrogens is 270 g/mol. The molecule has 1 fully saturated rings. The predicted octanol–water partition coefficient (Wildman–Crippen LogP) is 2.50. The minimum Gasteiger partial charge on any atom is -0.481 e. The highest BCUT2D eigenvalue weighted by Gasteiger charge is 2.40. The molecule has 0 spiro atoms. The molecule has 2 rings (SSSR count). The Morgan fingerprint density at radius 1 is 1.43 bits per heavy atom. The molecule has 2 amide bonds. The molecular formula is C15H21N3O3. The summed E-state index contributed by atoms with van der Waals surface area (Å²) in [7, 11) is 0. The molecule has 0 saturated carbocycles. The van der Waals surface area contributed by atoms with Gasteiger partial charge in [-0.3, -0.25) is 9.78 Å². The lowest BCUT2D eigenvalue weighted by atomic mass is 9.76. The Morgan fingerprint density at radius 3 is 2.62 bits per heavy atom. The molecule has 1 aliphatic rings. The van der Waals surface area contributed by atoms with Crippen LogP contribution in [-0.2, 0) is 4.79 Å². The number of piperidine rings is 1. The Morgan fingerprint density at radius 2 is 2.10 bits per heavy atom. The maximum absolute atomic E-state index is 12.2. The summed E-state index contributed by atoms with van der Waals surface area (Å²) in [5, 5.41) is 12.2. The summed E-state index contributed by atoms with van der Waals surface area (Å²) in [6.45, 7) is 4.65. The Hall–Kier alpha value is -2.11. The van der Waals surface area contributed by atoms with Crippen LogP contribution in [0.5, 0.6) is 0 Å². The van der Waals surface area contributed by atoms with Gasteiger partial charge in [0, 0.05) is 19.3 Å². The first-order valence-electron chi connectivity index (χ1n) is 7.19. The second-order valence-corrected chi connectivity index (χ2v) is 5.49. The van der Waals surface area contributed by atoms with Crippen molar-refractivity contribution in [2.75, 3.05) is 18.4 Å². The molecule has 2 heterocycles. The van der Waals surface area contributed by atoms with Gasteiger partial charge < -0.3 is 15.3 Å². The number of likely N-dealkylation sites (tertiary alicyclic amines) is 1.